The lowest BCUT2D eigenvalue weighted by Gasteiger charge is -2.09. The second-order valence-electron chi connectivity index (χ2n) is 4.32. The van der Waals surface area contributed by atoms with Gasteiger partial charge in [-0.1, -0.05) is 28.5 Å². The molecule has 0 unspecified atom stereocenters. The van der Waals surface area contributed by atoms with Gasteiger partial charge in [-0.2, -0.15) is 0 Å². The van der Waals surface area contributed by atoms with Gasteiger partial charge in [-0.3, -0.25) is 0 Å². The van der Waals surface area contributed by atoms with Crippen molar-refractivity contribution in [2.75, 3.05) is 0 Å². The molecule has 0 amide bonds. The van der Waals surface area contributed by atoms with Crippen LogP contribution in [0.5, 0.6) is 0 Å². The van der Waals surface area contributed by atoms with Gasteiger partial charge in [0.05, 0.1) is 0 Å². The van der Waals surface area contributed by atoms with E-state index in [1.807, 2.05) is 0 Å². The van der Waals surface area contributed by atoms with Crippen molar-refractivity contribution in [1.82, 2.24) is 10.3 Å². The summed E-state index contributed by atoms with van der Waals surface area (Å²) >= 11 is 0. The Bertz CT molecular complexity index is 609. The Labute approximate surface area is 109 Å². The van der Waals surface area contributed by atoms with Crippen molar-refractivity contribution >= 4 is 5.71 Å². The third kappa shape index (κ3) is 2.47. The van der Waals surface area contributed by atoms with Gasteiger partial charge in [0, 0.05) is 5.56 Å². The Kier molecular flexibility index (Phi) is 3.22. The van der Waals surface area contributed by atoms with Crippen LogP contribution in [0.3, 0.4) is 0 Å². The summed E-state index contributed by atoms with van der Waals surface area (Å²) in [5.41, 5.74) is 2.64. The smallest absolute Gasteiger partial charge is 0.155 e. The molecule has 1 aromatic heterocycles. The SMILES string of the molecule is Fc1ccccc1CON=C1CCCc2nonc21. The van der Waals surface area contributed by atoms with Gasteiger partial charge in [0.1, 0.15) is 23.8 Å². The Balaban J connectivity index is 1.70. The first-order chi connectivity index (χ1) is 9.34. The standard InChI is InChI=1S/C13H12FN3O2/c14-10-5-2-1-4-9(10)8-18-15-11-6-3-7-12-13(11)17-19-16-12/h1-2,4-5H,3,6-8H2. The Morgan fingerprint density at radius 3 is 3.05 bits per heavy atom. The van der Waals surface area contributed by atoms with Crippen molar-refractivity contribution in [3.63, 3.8) is 0 Å². The lowest BCUT2D eigenvalue weighted by Crippen LogP contribution is -2.12. The molecule has 1 aliphatic carbocycles. The first-order valence-electron chi connectivity index (χ1n) is 6.08. The van der Waals surface area contributed by atoms with Gasteiger partial charge in [-0.25, -0.2) is 9.02 Å². The highest BCUT2D eigenvalue weighted by Gasteiger charge is 2.21. The second-order valence-corrected chi connectivity index (χ2v) is 4.32. The van der Waals surface area contributed by atoms with E-state index in [9.17, 15) is 4.39 Å². The summed E-state index contributed by atoms with van der Waals surface area (Å²) < 4.78 is 18.1. The molecule has 0 aliphatic heterocycles. The third-order valence-corrected chi connectivity index (χ3v) is 3.01. The van der Waals surface area contributed by atoms with Crippen LogP contribution in [0.2, 0.25) is 0 Å². The van der Waals surface area contributed by atoms with E-state index in [1.54, 1.807) is 18.2 Å². The quantitative estimate of drug-likeness (QED) is 0.796. The highest BCUT2D eigenvalue weighted by atomic mass is 19.1. The second kappa shape index (κ2) is 5.17. The first-order valence-corrected chi connectivity index (χ1v) is 6.08. The minimum atomic E-state index is -0.296. The van der Waals surface area contributed by atoms with E-state index in [-0.39, 0.29) is 12.4 Å². The van der Waals surface area contributed by atoms with Crippen molar-refractivity contribution in [2.24, 2.45) is 5.16 Å². The number of rotatable bonds is 3. The fraction of sp³-hybridized carbons (Fsp3) is 0.308. The summed E-state index contributed by atoms with van der Waals surface area (Å²) in [5, 5.41) is 11.6. The summed E-state index contributed by atoms with van der Waals surface area (Å²) in [6, 6.07) is 6.46. The molecule has 0 radical (unpaired) electrons. The van der Waals surface area contributed by atoms with E-state index < -0.39 is 0 Å². The van der Waals surface area contributed by atoms with E-state index >= 15 is 0 Å². The molecule has 0 spiro atoms. The lowest BCUT2D eigenvalue weighted by atomic mass is 9.99. The van der Waals surface area contributed by atoms with E-state index in [0.717, 1.165) is 25.0 Å². The average Bonchev–Trinajstić information content (AvgIpc) is 2.90. The number of nitrogens with zero attached hydrogens (tertiary/aromatic N) is 3. The zero-order chi connectivity index (χ0) is 13.1. The molecule has 3 rings (SSSR count). The van der Waals surface area contributed by atoms with Gasteiger partial charge in [0.15, 0.2) is 5.69 Å². The molecule has 19 heavy (non-hydrogen) atoms. The van der Waals surface area contributed by atoms with Crippen LogP contribution in [-0.4, -0.2) is 16.0 Å². The number of benzene rings is 1. The summed E-state index contributed by atoms with van der Waals surface area (Å²) in [6.45, 7) is 0.0940. The molecule has 6 heteroatoms. The molecule has 0 bridgehead atoms. The summed E-state index contributed by atoms with van der Waals surface area (Å²) in [4.78, 5) is 5.20. The predicted octanol–water partition coefficient (Wildman–Crippen LogP) is 2.47. The average molecular weight is 261 g/mol. The maximum Gasteiger partial charge on any atom is 0.155 e. The zero-order valence-corrected chi connectivity index (χ0v) is 10.2. The monoisotopic (exact) mass is 261 g/mol. The fourth-order valence-corrected chi connectivity index (χ4v) is 2.02. The van der Waals surface area contributed by atoms with Gasteiger partial charge >= 0.3 is 0 Å². The predicted molar refractivity (Wildman–Crippen MR) is 65.0 cm³/mol. The van der Waals surface area contributed by atoms with E-state index in [0.29, 0.717) is 17.0 Å². The molecule has 1 heterocycles. The summed E-state index contributed by atoms with van der Waals surface area (Å²) in [6.07, 6.45) is 2.53. The number of hydrogen-bond acceptors (Lipinski definition) is 5. The summed E-state index contributed by atoms with van der Waals surface area (Å²) in [7, 11) is 0. The van der Waals surface area contributed by atoms with E-state index in [2.05, 4.69) is 20.1 Å². The van der Waals surface area contributed by atoms with Gasteiger partial charge in [-0.05, 0) is 30.5 Å². The molecule has 1 aliphatic rings. The number of aryl methyl sites for hydroxylation is 1. The molecule has 0 saturated carbocycles. The molecular weight excluding hydrogens is 249 g/mol. The number of aromatic nitrogens is 2. The number of halogens is 1. The largest absolute Gasteiger partial charge is 0.391 e. The fourth-order valence-electron chi connectivity index (χ4n) is 2.02. The minimum absolute atomic E-state index is 0.0940. The van der Waals surface area contributed by atoms with Crippen LogP contribution in [0.1, 0.15) is 29.8 Å². The topological polar surface area (TPSA) is 60.5 Å². The third-order valence-electron chi connectivity index (χ3n) is 3.01. The highest BCUT2D eigenvalue weighted by Crippen LogP contribution is 2.18. The van der Waals surface area contributed by atoms with Crippen LogP contribution in [0.4, 0.5) is 4.39 Å². The molecule has 0 N–H and O–H groups in total. The Morgan fingerprint density at radius 2 is 2.16 bits per heavy atom. The number of hydrogen-bond donors (Lipinski definition) is 0. The maximum absolute atomic E-state index is 13.4. The van der Waals surface area contributed by atoms with Crippen LogP contribution in [0.15, 0.2) is 34.1 Å². The highest BCUT2D eigenvalue weighted by molar-refractivity contribution is 6.00. The van der Waals surface area contributed by atoms with Crippen LogP contribution < -0.4 is 0 Å². The first kappa shape index (κ1) is 11.8. The molecule has 0 saturated heterocycles. The van der Waals surface area contributed by atoms with Crippen molar-refractivity contribution in [2.45, 2.75) is 25.9 Å². The van der Waals surface area contributed by atoms with Crippen LogP contribution >= 0.6 is 0 Å². The van der Waals surface area contributed by atoms with Gasteiger partial charge in [0.25, 0.3) is 0 Å². The van der Waals surface area contributed by atoms with E-state index in [1.165, 1.54) is 6.07 Å². The van der Waals surface area contributed by atoms with Crippen LogP contribution in [0.25, 0.3) is 0 Å². The minimum Gasteiger partial charge on any atom is -0.391 e. The molecule has 2 aromatic rings. The molecule has 5 nitrogen and oxygen atoms in total. The van der Waals surface area contributed by atoms with Gasteiger partial charge in [-0.15, -0.1) is 0 Å². The Hall–Kier alpha value is -2.24. The molecule has 0 atom stereocenters. The number of fused-ring (bicyclic) bond motifs is 1. The van der Waals surface area contributed by atoms with Crippen LogP contribution in [-0.2, 0) is 17.9 Å². The lowest BCUT2D eigenvalue weighted by molar-refractivity contribution is 0.127. The number of oxime groups is 1. The molecule has 1 aromatic carbocycles. The Morgan fingerprint density at radius 1 is 1.26 bits per heavy atom. The van der Waals surface area contributed by atoms with Crippen molar-refractivity contribution in [3.05, 3.63) is 47.0 Å². The molecule has 0 fully saturated rings. The van der Waals surface area contributed by atoms with Gasteiger partial charge < -0.3 is 4.84 Å². The zero-order valence-electron chi connectivity index (χ0n) is 10.2. The van der Waals surface area contributed by atoms with Crippen molar-refractivity contribution in [3.8, 4) is 0 Å². The van der Waals surface area contributed by atoms with E-state index in [4.69, 9.17) is 4.84 Å². The van der Waals surface area contributed by atoms with Gasteiger partial charge in [0.2, 0.25) is 0 Å². The van der Waals surface area contributed by atoms with Crippen molar-refractivity contribution in [1.29, 1.82) is 0 Å². The van der Waals surface area contributed by atoms with Crippen LogP contribution in [0, 0.1) is 5.82 Å². The normalized spacial score (nSPS) is 16.4. The molecule has 98 valence electrons. The molecular formula is C13H12FN3O2. The summed E-state index contributed by atoms with van der Waals surface area (Å²) in [5.74, 6) is -0.296. The van der Waals surface area contributed by atoms with Crippen molar-refractivity contribution < 1.29 is 13.9 Å². The maximum atomic E-state index is 13.4.